The van der Waals surface area contributed by atoms with E-state index in [-0.39, 0.29) is 5.03 Å². The first-order chi connectivity index (χ1) is 9.05. The number of sulfonamides is 1. The molecule has 0 aliphatic carbocycles. The molecule has 1 aromatic rings. The van der Waals surface area contributed by atoms with E-state index in [0.29, 0.717) is 30.6 Å². The van der Waals surface area contributed by atoms with Gasteiger partial charge in [-0.3, -0.25) is 0 Å². The predicted octanol–water partition coefficient (Wildman–Crippen LogP) is 1.64. The molecule has 1 aliphatic rings. The first kappa shape index (κ1) is 14.6. The van der Waals surface area contributed by atoms with Crippen molar-refractivity contribution in [1.29, 1.82) is 0 Å². The Morgan fingerprint density at radius 2 is 2.37 bits per heavy atom. The van der Waals surface area contributed by atoms with E-state index >= 15 is 0 Å². The van der Waals surface area contributed by atoms with Crippen LogP contribution in [0.5, 0.6) is 0 Å². The minimum absolute atomic E-state index is 0.135. The summed E-state index contributed by atoms with van der Waals surface area (Å²) >= 11 is 1.81. The molecule has 0 aromatic carbocycles. The number of rotatable bonds is 4. The maximum Gasteiger partial charge on any atom is 0.262 e. The molecule has 106 valence electrons. The smallest absolute Gasteiger partial charge is 0.262 e. The lowest BCUT2D eigenvalue weighted by Crippen LogP contribution is -2.41. The highest BCUT2D eigenvalue weighted by Crippen LogP contribution is 2.26. The fourth-order valence-corrected chi connectivity index (χ4v) is 4.88. The fraction of sp³-hybridized carbons (Fsp3) is 0.583. The summed E-state index contributed by atoms with van der Waals surface area (Å²) in [5.74, 6) is 0.837. The van der Waals surface area contributed by atoms with E-state index in [2.05, 4.69) is 17.2 Å². The molecule has 1 aliphatic heterocycles. The van der Waals surface area contributed by atoms with Gasteiger partial charge in [-0.1, -0.05) is 6.92 Å². The molecule has 1 N–H and O–H groups in total. The molecule has 0 amide bonds. The molecule has 1 unspecified atom stereocenters. The molecular weight excluding hydrogens is 282 g/mol. The molecule has 0 bridgehead atoms. The first-order valence-electron chi connectivity index (χ1n) is 6.36. The van der Waals surface area contributed by atoms with Gasteiger partial charge in [0.25, 0.3) is 10.0 Å². The molecule has 1 fully saturated rings. The number of hydrogen-bond donors (Lipinski definition) is 1. The van der Waals surface area contributed by atoms with Crippen molar-refractivity contribution in [3.8, 4) is 0 Å². The van der Waals surface area contributed by atoms with E-state index in [4.69, 9.17) is 0 Å². The summed E-state index contributed by atoms with van der Waals surface area (Å²) in [6.07, 6.45) is 1.52. The molecule has 0 saturated carbocycles. The summed E-state index contributed by atoms with van der Waals surface area (Å²) in [6.45, 7) is 5.76. The third-order valence-electron chi connectivity index (χ3n) is 2.93. The summed E-state index contributed by atoms with van der Waals surface area (Å²) in [7, 11) is -3.50. The number of aromatic nitrogens is 1. The third-order valence-corrected chi connectivity index (χ3v) is 5.89. The van der Waals surface area contributed by atoms with E-state index in [1.165, 1.54) is 10.5 Å². The summed E-state index contributed by atoms with van der Waals surface area (Å²) in [6, 6.07) is 3.50. The van der Waals surface area contributed by atoms with Crippen LogP contribution in [0.1, 0.15) is 13.8 Å². The van der Waals surface area contributed by atoms with Gasteiger partial charge in [-0.15, -0.1) is 0 Å². The molecule has 0 radical (unpaired) electrons. The molecule has 19 heavy (non-hydrogen) atoms. The molecule has 5 nitrogen and oxygen atoms in total. The van der Waals surface area contributed by atoms with Gasteiger partial charge in [-0.2, -0.15) is 16.1 Å². The lowest BCUT2D eigenvalue weighted by molar-refractivity contribution is 0.422. The van der Waals surface area contributed by atoms with Crippen molar-refractivity contribution < 1.29 is 8.42 Å². The van der Waals surface area contributed by atoms with Crippen LogP contribution < -0.4 is 5.32 Å². The normalized spacial score (nSPS) is 21.3. The molecule has 2 heterocycles. The Morgan fingerprint density at radius 3 is 3.05 bits per heavy atom. The maximum absolute atomic E-state index is 12.6. The molecule has 2 rings (SSSR count). The number of pyridine rings is 1. The van der Waals surface area contributed by atoms with Gasteiger partial charge in [0.15, 0.2) is 5.03 Å². The highest BCUT2D eigenvalue weighted by atomic mass is 32.2. The largest absolute Gasteiger partial charge is 0.383 e. The summed E-state index contributed by atoms with van der Waals surface area (Å²) in [4.78, 5) is 4.07. The molecule has 1 saturated heterocycles. The summed E-state index contributed by atoms with van der Waals surface area (Å²) < 4.78 is 26.8. The maximum atomic E-state index is 12.6. The van der Waals surface area contributed by atoms with Crippen molar-refractivity contribution in [3.63, 3.8) is 0 Å². The van der Waals surface area contributed by atoms with Crippen LogP contribution in [0.4, 0.5) is 5.69 Å². The van der Waals surface area contributed by atoms with Crippen LogP contribution >= 0.6 is 11.8 Å². The van der Waals surface area contributed by atoms with Crippen molar-refractivity contribution in [1.82, 2.24) is 9.29 Å². The Hall–Kier alpha value is -0.790. The monoisotopic (exact) mass is 301 g/mol. The standard InChI is InChI=1S/C12H19N3O2S2/c1-3-13-11-5-4-6-14-12(11)19(16,17)15-7-8-18-10(2)9-15/h4-6,10,13H,3,7-9H2,1-2H3. The Labute approximate surface area is 118 Å². The fourth-order valence-electron chi connectivity index (χ4n) is 2.05. The van der Waals surface area contributed by atoms with Crippen molar-refractivity contribution in [3.05, 3.63) is 18.3 Å². The van der Waals surface area contributed by atoms with Gasteiger partial charge in [-0.05, 0) is 19.1 Å². The second kappa shape index (κ2) is 6.11. The molecule has 0 spiro atoms. The van der Waals surface area contributed by atoms with E-state index in [1.54, 1.807) is 23.9 Å². The number of nitrogens with zero attached hydrogens (tertiary/aromatic N) is 2. The van der Waals surface area contributed by atoms with Gasteiger partial charge in [0.05, 0.1) is 5.69 Å². The van der Waals surface area contributed by atoms with Crippen molar-refractivity contribution in [2.75, 3.05) is 30.7 Å². The van der Waals surface area contributed by atoms with E-state index in [0.717, 1.165) is 5.75 Å². The Morgan fingerprint density at radius 1 is 1.58 bits per heavy atom. The lowest BCUT2D eigenvalue weighted by Gasteiger charge is -2.29. The van der Waals surface area contributed by atoms with Crippen LogP contribution in [0, 0.1) is 0 Å². The van der Waals surface area contributed by atoms with Gasteiger partial charge >= 0.3 is 0 Å². The quantitative estimate of drug-likeness (QED) is 0.916. The van der Waals surface area contributed by atoms with Crippen molar-refractivity contribution in [2.45, 2.75) is 24.1 Å². The molecular formula is C12H19N3O2S2. The molecule has 1 atom stereocenters. The molecule has 1 aromatic heterocycles. The van der Waals surface area contributed by atoms with E-state index in [1.807, 2.05) is 6.92 Å². The number of nitrogens with one attached hydrogen (secondary N) is 1. The zero-order valence-corrected chi connectivity index (χ0v) is 12.8. The highest BCUT2D eigenvalue weighted by Gasteiger charge is 2.31. The predicted molar refractivity (Wildman–Crippen MR) is 79.1 cm³/mol. The van der Waals surface area contributed by atoms with E-state index in [9.17, 15) is 8.42 Å². The highest BCUT2D eigenvalue weighted by molar-refractivity contribution is 8.00. The van der Waals surface area contributed by atoms with Gasteiger partial charge in [0, 0.05) is 36.8 Å². The summed E-state index contributed by atoms with van der Waals surface area (Å²) in [5.41, 5.74) is 0.580. The minimum Gasteiger partial charge on any atom is -0.383 e. The summed E-state index contributed by atoms with van der Waals surface area (Å²) in [5, 5.41) is 3.52. The Balaban J connectivity index is 2.33. The number of hydrogen-bond acceptors (Lipinski definition) is 5. The van der Waals surface area contributed by atoms with Crippen LogP contribution in [-0.2, 0) is 10.0 Å². The second-order valence-electron chi connectivity index (χ2n) is 4.43. The second-order valence-corrected chi connectivity index (χ2v) is 7.83. The van der Waals surface area contributed by atoms with Crippen LogP contribution in [-0.4, -0.2) is 48.3 Å². The van der Waals surface area contributed by atoms with Gasteiger partial charge in [-0.25, -0.2) is 13.4 Å². The minimum atomic E-state index is -3.50. The van der Waals surface area contributed by atoms with Crippen LogP contribution in [0.25, 0.3) is 0 Å². The van der Waals surface area contributed by atoms with Crippen LogP contribution in [0.15, 0.2) is 23.4 Å². The van der Waals surface area contributed by atoms with Crippen LogP contribution in [0.3, 0.4) is 0 Å². The topological polar surface area (TPSA) is 62.3 Å². The SMILES string of the molecule is CCNc1cccnc1S(=O)(=O)N1CCSC(C)C1. The Kier molecular flexibility index (Phi) is 4.70. The zero-order valence-electron chi connectivity index (χ0n) is 11.2. The number of anilines is 1. The average Bonchev–Trinajstić information content (AvgIpc) is 2.39. The first-order valence-corrected chi connectivity index (χ1v) is 8.85. The zero-order chi connectivity index (χ0) is 13.9. The van der Waals surface area contributed by atoms with Gasteiger partial charge < -0.3 is 5.32 Å². The molecule has 7 heteroatoms. The van der Waals surface area contributed by atoms with Crippen LogP contribution in [0.2, 0.25) is 0 Å². The average molecular weight is 301 g/mol. The third kappa shape index (κ3) is 3.21. The van der Waals surface area contributed by atoms with Crippen molar-refractivity contribution >= 4 is 27.5 Å². The van der Waals surface area contributed by atoms with Gasteiger partial charge in [0.2, 0.25) is 0 Å². The lowest BCUT2D eigenvalue weighted by atomic mass is 10.4. The van der Waals surface area contributed by atoms with E-state index < -0.39 is 10.0 Å². The van der Waals surface area contributed by atoms with Crippen molar-refractivity contribution in [2.24, 2.45) is 0 Å². The number of thioether (sulfide) groups is 1. The Bertz CT molecular complexity index is 534. The van der Waals surface area contributed by atoms with Gasteiger partial charge in [0.1, 0.15) is 0 Å².